The number of benzene rings is 1. The van der Waals surface area contributed by atoms with Crippen molar-refractivity contribution in [3.63, 3.8) is 0 Å². The molecule has 0 aliphatic carbocycles. The van der Waals surface area contributed by atoms with Crippen LogP contribution >= 0.6 is 0 Å². The molecule has 27 heavy (non-hydrogen) atoms. The first-order valence-electron chi connectivity index (χ1n) is 9.52. The number of carbonyl (C=O) groups is 1. The molecule has 1 aromatic rings. The number of nitrogens with zero attached hydrogens (tertiary/aromatic N) is 2. The van der Waals surface area contributed by atoms with Gasteiger partial charge in [-0.1, -0.05) is 13.8 Å². The third kappa shape index (κ3) is 2.70. The molecule has 0 saturated carbocycles. The molecule has 4 rings (SSSR count). The van der Waals surface area contributed by atoms with E-state index in [9.17, 15) is 9.18 Å². The minimum absolute atomic E-state index is 0.0405. The lowest BCUT2D eigenvalue weighted by atomic mass is 10.0. The van der Waals surface area contributed by atoms with E-state index in [1.165, 1.54) is 20.3 Å². The second kappa shape index (κ2) is 6.63. The van der Waals surface area contributed by atoms with Crippen LogP contribution in [0.15, 0.2) is 12.1 Å². The van der Waals surface area contributed by atoms with Gasteiger partial charge in [0.25, 0.3) is 0 Å². The van der Waals surface area contributed by atoms with Crippen molar-refractivity contribution >= 4 is 5.91 Å². The number of ether oxygens (including phenoxy) is 3. The van der Waals surface area contributed by atoms with Crippen LogP contribution in [0.2, 0.25) is 0 Å². The molecule has 1 aromatic carbocycles. The highest BCUT2D eigenvalue weighted by Crippen LogP contribution is 2.49. The molecule has 0 radical (unpaired) electrons. The minimum Gasteiger partial charge on any atom is -0.493 e. The fraction of sp³-hybridized carbons (Fsp3) is 0.650. The highest BCUT2D eigenvalue weighted by molar-refractivity contribution is 5.82. The molecule has 7 heteroatoms. The van der Waals surface area contributed by atoms with E-state index in [-0.39, 0.29) is 23.8 Å². The fourth-order valence-corrected chi connectivity index (χ4v) is 4.88. The number of carbonyl (C=O) groups excluding carboxylic acids is 1. The Labute approximate surface area is 159 Å². The zero-order chi connectivity index (χ0) is 19.3. The summed E-state index contributed by atoms with van der Waals surface area (Å²) in [5, 5.41) is 0. The fourth-order valence-electron chi connectivity index (χ4n) is 4.88. The molecule has 3 aliphatic rings. The van der Waals surface area contributed by atoms with Crippen LogP contribution in [0.4, 0.5) is 4.39 Å². The van der Waals surface area contributed by atoms with Gasteiger partial charge >= 0.3 is 0 Å². The first-order chi connectivity index (χ1) is 12.9. The van der Waals surface area contributed by atoms with Gasteiger partial charge in [0.15, 0.2) is 17.2 Å². The summed E-state index contributed by atoms with van der Waals surface area (Å²) in [6, 6.07) is 3.12. The molecule has 1 amide bonds. The molecule has 0 aromatic heterocycles. The molecule has 1 spiro atoms. The van der Waals surface area contributed by atoms with Crippen LogP contribution in [-0.4, -0.2) is 60.9 Å². The molecule has 6 nitrogen and oxygen atoms in total. The predicted octanol–water partition coefficient (Wildman–Crippen LogP) is 2.40. The number of halogens is 1. The van der Waals surface area contributed by atoms with Crippen molar-refractivity contribution in [2.75, 3.05) is 27.4 Å². The third-order valence-electron chi connectivity index (χ3n) is 6.29. The lowest BCUT2D eigenvalue weighted by Gasteiger charge is -2.34. The van der Waals surface area contributed by atoms with Gasteiger partial charge in [-0.3, -0.25) is 9.69 Å². The molecule has 3 atom stereocenters. The Morgan fingerprint density at radius 2 is 2.00 bits per heavy atom. The number of rotatable bonds is 5. The maximum atomic E-state index is 14.6. The van der Waals surface area contributed by atoms with E-state index in [4.69, 9.17) is 14.2 Å². The minimum atomic E-state index is -0.543. The zero-order valence-corrected chi connectivity index (χ0v) is 16.3. The zero-order valence-electron chi connectivity index (χ0n) is 16.3. The van der Waals surface area contributed by atoms with E-state index in [2.05, 4.69) is 18.7 Å². The van der Waals surface area contributed by atoms with E-state index in [0.717, 1.165) is 13.0 Å². The predicted molar refractivity (Wildman–Crippen MR) is 97.1 cm³/mol. The molecule has 3 fully saturated rings. The quantitative estimate of drug-likeness (QED) is 0.788. The van der Waals surface area contributed by atoms with Crippen molar-refractivity contribution in [1.29, 1.82) is 0 Å². The number of likely N-dealkylation sites (tertiary alicyclic amines) is 1. The van der Waals surface area contributed by atoms with Gasteiger partial charge < -0.3 is 19.1 Å². The first-order valence-corrected chi connectivity index (χ1v) is 9.52. The van der Waals surface area contributed by atoms with Crippen LogP contribution in [0.5, 0.6) is 11.5 Å². The highest BCUT2D eigenvalue weighted by atomic mass is 19.1. The molecule has 3 heterocycles. The summed E-state index contributed by atoms with van der Waals surface area (Å²) in [6.07, 6.45) is 1.19. The SMILES string of the molecule is COc1cc(F)c(CN2CC[C@@]34OC[C@@H](C(C)C)N3C(=O)C[C@@H]24)cc1OC. The standard InChI is InChI=1S/C20H27FN2O4/c1-12(2)15-11-27-20-5-6-22(18(20)9-19(24)23(15)20)10-13-7-16(25-3)17(26-4)8-14(13)21/h7-8,12,15,18H,5-6,9-11H2,1-4H3/t15-,18+,20-/m0/s1. The molecular weight excluding hydrogens is 351 g/mol. The third-order valence-corrected chi connectivity index (χ3v) is 6.29. The smallest absolute Gasteiger partial charge is 0.226 e. The van der Waals surface area contributed by atoms with Gasteiger partial charge in [-0.2, -0.15) is 0 Å². The topological polar surface area (TPSA) is 51.2 Å². The van der Waals surface area contributed by atoms with Gasteiger partial charge in [0.1, 0.15) is 5.82 Å². The second-order valence-corrected chi connectivity index (χ2v) is 7.97. The van der Waals surface area contributed by atoms with Crippen LogP contribution in [0.3, 0.4) is 0 Å². The molecule has 3 aliphatic heterocycles. The number of hydrogen-bond donors (Lipinski definition) is 0. The van der Waals surface area contributed by atoms with Gasteiger partial charge in [0.2, 0.25) is 5.91 Å². The summed E-state index contributed by atoms with van der Waals surface area (Å²) >= 11 is 0. The average molecular weight is 378 g/mol. The number of hydrogen-bond acceptors (Lipinski definition) is 5. The van der Waals surface area contributed by atoms with E-state index in [0.29, 0.717) is 42.6 Å². The highest BCUT2D eigenvalue weighted by Gasteiger charge is 2.64. The Hall–Kier alpha value is -1.86. The normalized spacial score (nSPS) is 30.1. The number of methoxy groups -OCH3 is 2. The molecular formula is C20H27FN2O4. The molecule has 3 saturated heterocycles. The summed E-state index contributed by atoms with van der Waals surface area (Å²) in [5.41, 5.74) is -0.00649. The Kier molecular flexibility index (Phi) is 4.55. The van der Waals surface area contributed by atoms with Crippen molar-refractivity contribution in [3.05, 3.63) is 23.5 Å². The maximum absolute atomic E-state index is 14.6. The summed E-state index contributed by atoms with van der Waals surface area (Å²) in [7, 11) is 3.03. The first kappa shape index (κ1) is 18.5. The Balaban J connectivity index is 1.59. The van der Waals surface area contributed by atoms with Crippen LogP contribution in [-0.2, 0) is 16.1 Å². The summed E-state index contributed by atoms with van der Waals surface area (Å²) in [5.74, 6) is 1.04. The Morgan fingerprint density at radius 3 is 2.67 bits per heavy atom. The van der Waals surface area contributed by atoms with Gasteiger partial charge in [-0.05, 0) is 12.0 Å². The Bertz CT molecular complexity index is 756. The van der Waals surface area contributed by atoms with E-state index >= 15 is 0 Å². The second-order valence-electron chi connectivity index (χ2n) is 7.97. The van der Waals surface area contributed by atoms with Crippen molar-refractivity contribution < 1.29 is 23.4 Å². The van der Waals surface area contributed by atoms with Gasteiger partial charge in [-0.15, -0.1) is 0 Å². The van der Waals surface area contributed by atoms with Crippen LogP contribution in [0, 0.1) is 11.7 Å². The van der Waals surface area contributed by atoms with Crippen molar-refractivity contribution in [1.82, 2.24) is 9.80 Å². The molecule has 0 bridgehead atoms. The summed E-state index contributed by atoms with van der Waals surface area (Å²) < 4.78 is 31.3. The van der Waals surface area contributed by atoms with Crippen LogP contribution in [0.1, 0.15) is 32.3 Å². The van der Waals surface area contributed by atoms with Gasteiger partial charge in [-0.25, -0.2) is 4.39 Å². The monoisotopic (exact) mass is 378 g/mol. The average Bonchev–Trinajstić information content (AvgIpc) is 3.26. The Morgan fingerprint density at radius 1 is 1.30 bits per heavy atom. The largest absolute Gasteiger partial charge is 0.493 e. The lowest BCUT2D eigenvalue weighted by molar-refractivity contribution is -0.139. The molecule has 0 N–H and O–H groups in total. The van der Waals surface area contributed by atoms with Crippen LogP contribution < -0.4 is 9.47 Å². The lowest BCUT2D eigenvalue weighted by Crippen LogP contribution is -2.50. The van der Waals surface area contributed by atoms with E-state index in [1.807, 2.05) is 4.90 Å². The van der Waals surface area contributed by atoms with Gasteiger partial charge in [0, 0.05) is 37.6 Å². The van der Waals surface area contributed by atoms with Crippen molar-refractivity contribution in [3.8, 4) is 11.5 Å². The van der Waals surface area contributed by atoms with E-state index < -0.39 is 5.72 Å². The van der Waals surface area contributed by atoms with Crippen LogP contribution in [0.25, 0.3) is 0 Å². The molecule has 0 unspecified atom stereocenters. The van der Waals surface area contributed by atoms with E-state index in [1.54, 1.807) is 6.07 Å². The summed E-state index contributed by atoms with van der Waals surface area (Å²) in [6.45, 7) is 6.01. The van der Waals surface area contributed by atoms with Gasteiger partial charge in [0.05, 0.1) is 32.9 Å². The maximum Gasteiger partial charge on any atom is 0.226 e. The number of amides is 1. The van der Waals surface area contributed by atoms with Crippen molar-refractivity contribution in [2.24, 2.45) is 5.92 Å². The summed E-state index contributed by atoms with van der Waals surface area (Å²) in [4.78, 5) is 16.9. The molecule has 148 valence electrons. The van der Waals surface area contributed by atoms with Crippen molar-refractivity contribution in [2.45, 2.75) is 51.0 Å².